The lowest BCUT2D eigenvalue weighted by Gasteiger charge is -2.17. The number of rotatable bonds is 9. The van der Waals surface area contributed by atoms with Crippen molar-refractivity contribution in [3.8, 4) is 22.7 Å². The van der Waals surface area contributed by atoms with Gasteiger partial charge in [-0.1, -0.05) is 23.7 Å². The Morgan fingerprint density at radius 1 is 1.17 bits per heavy atom. The van der Waals surface area contributed by atoms with E-state index in [1.165, 1.54) is 24.2 Å². The molecule has 46 heavy (non-hydrogen) atoms. The lowest BCUT2D eigenvalue weighted by Crippen LogP contribution is -2.30. The quantitative estimate of drug-likeness (QED) is 0.202. The van der Waals surface area contributed by atoms with E-state index in [1.54, 1.807) is 59.3 Å². The molecule has 0 saturated heterocycles. The molecule has 16 heteroatoms. The number of halogens is 1. The van der Waals surface area contributed by atoms with Crippen molar-refractivity contribution in [3.05, 3.63) is 99.3 Å². The number of aryl methyl sites for hydroxylation is 1. The fourth-order valence-electron chi connectivity index (χ4n) is 4.90. The minimum absolute atomic E-state index is 0.260. The molecule has 3 aromatic heterocycles. The number of nitrogens with one attached hydrogen (secondary N) is 3. The van der Waals surface area contributed by atoms with Gasteiger partial charge in [0.15, 0.2) is 0 Å². The molecule has 5 aromatic rings. The number of methoxy groups -OCH3 is 1. The van der Waals surface area contributed by atoms with Gasteiger partial charge in [-0.2, -0.15) is 14.9 Å². The van der Waals surface area contributed by atoms with Gasteiger partial charge in [0.1, 0.15) is 6.33 Å². The fourth-order valence-corrected chi connectivity index (χ4v) is 5.08. The van der Waals surface area contributed by atoms with Crippen molar-refractivity contribution in [1.29, 1.82) is 0 Å². The van der Waals surface area contributed by atoms with E-state index in [9.17, 15) is 14.4 Å². The number of aromatic nitrogens is 8. The van der Waals surface area contributed by atoms with Crippen LogP contribution in [0.2, 0.25) is 5.02 Å². The Labute approximate surface area is 266 Å². The SMILES string of the molecule is COC(=O)Nc1ccc(-c2cc(C(Cc3cc4n(n3)CCCO4)NC(=O)C=Cc3cc(Cl)ccc3-n3cnnn3)n[nH]c2=O)cc1. The lowest BCUT2D eigenvalue weighted by atomic mass is 10.0. The molecule has 2 aromatic carbocycles. The van der Waals surface area contributed by atoms with Crippen LogP contribution >= 0.6 is 11.6 Å². The van der Waals surface area contributed by atoms with E-state index in [2.05, 4.69) is 46.2 Å². The Morgan fingerprint density at radius 2 is 2.02 bits per heavy atom. The summed E-state index contributed by atoms with van der Waals surface area (Å²) in [5.41, 5.74) is 3.27. The third-order valence-corrected chi connectivity index (χ3v) is 7.33. The number of hydrogen-bond donors (Lipinski definition) is 3. The van der Waals surface area contributed by atoms with Crippen LogP contribution in [-0.4, -0.2) is 65.9 Å². The first-order valence-electron chi connectivity index (χ1n) is 14.1. The van der Waals surface area contributed by atoms with Crippen LogP contribution in [0.3, 0.4) is 0 Å². The normalized spacial score (nSPS) is 13.1. The summed E-state index contributed by atoms with van der Waals surface area (Å²) < 4.78 is 13.6. The maximum Gasteiger partial charge on any atom is 0.411 e. The minimum atomic E-state index is -0.691. The average molecular weight is 643 g/mol. The molecule has 0 fully saturated rings. The van der Waals surface area contributed by atoms with Crippen LogP contribution in [0.4, 0.5) is 10.5 Å². The van der Waals surface area contributed by atoms with Crippen LogP contribution in [0, 0.1) is 0 Å². The monoisotopic (exact) mass is 642 g/mol. The predicted octanol–water partition coefficient (Wildman–Crippen LogP) is 3.34. The highest BCUT2D eigenvalue weighted by atomic mass is 35.5. The van der Waals surface area contributed by atoms with E-state index in [0.717, 1.165) is 13.0 Å². The highest BCUT2D eigenvalue weighted by Crippen LogP contribution is 2.26. The summed E-state index contributed by atoms with van der Waals surface area (Å²) in [6.07, 6.45) is 4.90. The van der Waals surface area contributed by atoms with Crippen LogP contribution in [0.15, 0.2) is 71.8 Å². The number of H-pyrrole nitrogens is 1. The van der Waals surface area contributed by atoms with E-state index < -0.39 is 23.6 Å². The van der Waals surface area contributed by atoms with E-state index in [-0.39, 0.29) is 6.42 Å². The Hall–Kier alpha value is -5.83. The molecular weight excluding hydrogens is 616 g/mol. The Balaban J connectivity index is 1.29. The summed E-state index contributed by atoms with van der Waals surface area (Å²) in [5, 5.41) is 28.8. The molecule has 1 aliphatic rings. The first-order chi connectivity index (χ1) is 22.4. The van der Waals surface area contributed by atoms with Crippen LogP contribution in [0.1, 0.15) is 29.4 Å². The van der Waals surface area contributed by atoms with Crippen molar-refractivity contribution in [2.75, 3.05) is 19.0 Å². The highest BCUT2D eigenvalue weighted by Gasteiger charge is 2.22. The zero-order valence-electron chi connectivity index (χ0n) is 24.4. The van der Waals surface area contributed by atoms with Crippen LogP contribution in [-0.2, 0) is 22.5 Å². The second-order valence-electron chi connectivity index (χ2n) is 10.2. The Kier molecular flexibility index (Phi) is 8.82. The van der Waals surface area contributed by atoms with Gasteiger partial charge in [-0.05, 0) is 58.5 Å². The molecule has 1 unspecified atom stereocenters. The fraction of sp³-hybridized carbons (Fsp3) is 0.200. The number of fused-ring (bicyclic) bond motifs is 1. The predicted molar refractivity (Wildman–Crippen MR) is 166 cm³/mol. The number of ether oxygens (including phenoxy) is 2. The van der Waals surface area contributed by atoms with E-state index >= 15 is 0 Å². The third-order valence-electron chi connectivity index (χ3n) is 7.10. The number of amides is 2. The van der Waals surface area contributed by atoms with E-state index in [1.807, 2.05) is 6.07 Å². The van der Waals surface area contributed by atoms with Crippen LogP contribution in [0.5, 0.6) is 5.88 Å². The summed E-state index contributed by atoms with van der Waals surface area (Å²) in [6.45, 7) is 1.32. The second kappa shape index (κ2) is 13.4. The van der Waals surface area contributed by atoms with Gasteiger partial charge in [-0.25, -0.2) is 14.6 Å². The molecule has 6 rings (SSSR count). The topological polar surface area (TPSA) is 184 Å². The minimum Gasteiger partial charge on any atom is -0.478 e. The van der Waals surface area contributed by atoms with Gasteiger partial charge in [0.05, 0.1) is 42.4 Å². The van der Waals surface area contributed by atoms with Crippen LogP contribution < -0.4 is 20.9 Å². The van der Waals surface area contributed by atoms with Crippen molar-refractivity contribution in [2.24, 2.45) is 0 Å². The summed E-state index contributed by atoms with van der Waals surface area (Å²) in [7, 11) is 1.27. The van der Waals surface area contributed by atoms with E-state index in [4.69, 9.17) is 16.3 Å². The molecule has 0 spiro atoms. The van der Waals surface area contributed by atoms with Gasteiger partial charge in [-0.3, -0.25) is 14.9 Å². The van der Waals surface area contributed by atoms with Crippen molar-refractivity contribution in [2.45, 2.75) is 25.4 Å². The first kappa shape index (κ1) is 30.2. The number of benzene rings is 2. The lowest BCUT2D eigenvalue weighted by molar-refractivity contribution is -0.117. The number of anilines is 1. The van der Waals surface area contributed by atoms with Crippen molar-refractivity contribution in [1.82, 2.24) is 45.5 Å². The zero-order valence-corrected chi connectivity index (χ0v) is 25.1. The molecule has 0 bridgehead atoms. The molecule has 234 valence electrons. The molecule has 0 saturated carbocycles. The van der Waals surface area contributed by atoms with E-state index in [0.29, 0.717) is 57.0 Å². The van der Waals surface area contributed by atoms with Gasteiger partial charge in [0.2, 0.25) is 11.8 Å². The Morgan fingerprint density at radius 3 is 2.78 bits per heavy atom. The summed E-state index contributed by atoms with van der Waals surface area (Å²) >= 11 is 6.23. The number of carbonyl (C=O) groups is 2. The molecule has 1 aliphatic heterocycles. The molecular formula is C30H27ClN10O5. The van der Waals surface area contributed by atoms with Gasteiger partial charge < -0.3 is 14.8 Å². The van der Waals surface area contributed by atoms with Gasteiger partial charge >= 0.3 is 6.09 Å². The molecule has 2 amide bonds. The number of aromatic amines is 1. The molecule has 3 N–H and O–H groups in total. The summed E-state index contributed by atoms with van der Waals surface area (Å²) in [6, 6.07) is 14.5. The average Bonchev–Trinajstić information content (AvgIpc) is 3.74. The number of hydrogen-bond acceptors (Lipinski definition) is 10. The second-order valence-corrected chi connectivity index (χ2v) is 10.6. The Bertz CT molecular complexity index is 1930. The molecule has 4 heterocycles. The molecule has 1 atom stereocenters. The maximum absolute atomic E-state index is 13.4. The number of carbonyl (C=O) groups excluding carboxylic acids is 2. The molecule has 0 aliphatic carbocycles. The van der Waals surface area contributed by atoms with Crippen molar-refractivity contribution >= 4 is 35.4 Å². The van der Waals surface area contributed by atoms with Gasteiger partial charge in [-0.15, -0.1) is 5.10 Å². The molecule has 0 radical (unpaired) electrons. The van der Waals surface area contributed by atoms with Crippen LogP contribution in [0.25, 0.3) is 22.9 Å². The number of nitrogens with zero attached hydrogens (tertiary/aromatic N) is 7. The zero-order chi connectivity index (χ0) is 32.0. The summed E-state index contributed by atoms with van der Waals surface area (Å²) in [5.74, 6) is 0.221. The largest absolute Gasteiger partial charge is 0.478 e. The highest BCUT2D eigenvalue weighted by molar-refractivity contribution is 6.30. The smallest absolute Gasteiger partial charge is 0.411 e. The van der Waals surface area contributed by atoms with Gasteiger partial charge in [0, 0.05) is 47.8 Å². The van der Waals surface area contributed by atoms with Gasteiger partial charge in [0.25, 0.3) is 5.56 Å². The van der Waals surface area contributed by atoms with Crippen molar-refractivity contribution < 1.29 is 19.1 Å². The third kappa shape index (κ3) is 6.94. The standard InChI is InChI=1S/C30H27ClN10O5/c1-45-30(44)33-21-7-3-18(4-8-21)23-16-25(35-36-29(23)43)24(14-22-15-28-40(37-22)11-2-12-46-28)34-27(42)10-5-19-13-20(31)6-9-26(19)41-17-32-38-39-41/h3-10,13,15-17,24H,2,11-12,14H2,1H3,(H,33,44)(H,34,42)(H,36,43). The first-order valence-corrected chi connectivity index (χ1v) is 14.5. The number of tetrazole rings is 1. The maximum atomic E-state index is 13.4. The van der Waals surface area contributed by atoms with Crippen molar-refractivity contribution in [3.63, 3.8) is 0 Å². The molecule has 15 nitrogen and oxygen atoms in total. The summed E-state index contributed by atoms with van der Waals surface area (Å²) in [4.78, 5) is 37.8.